The van der Waals surface area contributed by atoms with Crippen molar-refractivity contribution in [2.45, 2.75) is 6.42 Å². The topological polar surface area (TPSA) is 75.8 Å². The number of benzene rings is 1. The molecule has 1 saturated heterocycles. The molecule has 1 aliphatic heterocycles. The number of halogens is 1. The first kappa shape index (κ1) is 12.2. The van der Waals surface area contributed by atoms with E-state index in [4.69, 9.17) is 10.8 Å². The van der Waals surface area contributed by atoms with Crippen molar-refractivity contribution in [3.05, 3.63) is 40.0 Å². The average Bonchev–Trinajstić information content (AvgIpc) is 2.84. The first-order chi connectivity index (χ1) is 8.72. The van der Waals surface area contributed by atoms with E-state index in [1.165, 1.54) is 12.1 Å². The third kappa shape index (κ3) is 2.70. The van der Waals surface area contributed by atoms with Gasteiger partial charge in [0.05, 0.1) is 11.6 Å². The summed E-state index contributed by atoms with van der Waals surface area (Å²) < 4.78 is 13.3. The first-order valence-corrected chi connectivity index (χ1v) is 5.69. The lowest BCUT2D eigenvalue weighted by Gasteiger charge is -2.18. The van der Waals surface area contributed by atoms with Gasteiger partial charge in [-0.2, -0.15) is 5.26 Å². The standard InChI is InChI=1S/C12H12FN5/c13-11-3-10(6-14)4-12(5-11)18-2-1-9(8-18)7-16-17-15/h3-5,9H,1-2,7-8H2/t9-/m1/s1. The van der Waals surface area contributed by atoms with Gasteiger partial charge in [-0.15, -0.1) is 0 Å². The molecule has 5 nitrogen and oxygen atoms in total. The summed E-state index contributed by atoms with van der Waals surface area (Å²) in [5.41, 5.74) is 9.31. The number of nitrogens with zero attached hydrogens (tertiary/aromatic N) is 5. The summed E-state index contributed by atoms with van der Waals surface area (Å²) in [4.78, 5) is 4.76. The van der Waals surface area contributed by atoms with E-state index in [-0.39, 0.29) is 0 Å². The van der Waals surface area contributed by atoms with E-state index in [2.05, 4.69) is 10.0 Å². The molecule has 0 saturated carbocycles. The zero-order valence-electron chi connectivity index (χ0n) is 9.75. The van der Waals surface area contributed by atoms with Crippen LogP contribution >= 0.6 is 0 Å². The van der Waals surface area contributed by atoms with Crippen LogP contribution in [0.1, 0.15) is 12.0 Å². The normalized spacial score (nSPS) is 18.2. The summed E-state index contributed by atoms with van der Waals surface area (Å²) in [5, 5.41) is 12.4. The molecule has 0 bridgehead atoms. The molecule has 0 N–H and O–H groups in total. The zero-order valence-corrected chi connectivity index (χ0v) is 9.75. The molecule has 0 spiro atoms. The van der Waals surface area contributed by atoms with Crippen molar-refractivity contribution >= 4 is 5.69 Å². The lowest BCUT2D eigenvalue weighted by atomic mass is 10.1. The van der Waals surface area contributed by atoms with Gasteiger partial charge in [-0.05, 0) is 36.1 Å². The molecule has 1 fully saturated rings. The molecule has 0 aromatic heterocycles. The van der Waals surface area contributed by atoms with Crippen molar-refractivity contribution in [3.63, 3.8) is 0 Å². The Labute approximate surface area is 104 Å². The van der Waals surface area contributed by atoms with Gasteiger partial charge < -0.3 is 4.90 Å². The summed E-state index contributed by atoms with van der Waals surface area (Å²) in [7, 11) is 0. The Morgan fingerprint density at radius 1 is 1.56 bits per heavy atom. The second-order valence-corrected chi connectivity index (χ2v) is 4.32. The number of hydrogen-bond acceptors (Lipinski definition) is 3. The summed E-state index contributed by atoms with van der Waals surface area (Å²) in [6.07, 6.45) is 0.914. The van der Waals surface area contributed by atoms with Gasteiger partial charge in [0.25, 0.3) is 0 Å². The van der Waals surface area contributed by atoms with Gasteiger partial charge in [-0.25, -0.2) is 4.39 Å². The van der Waals surface area contributed by atoms with Crippen molar-refractivity contribution in [1.29, 1.82) is 5.26 Å². The highest BCUT2D eigenvalue weighted by atomic mass is 19.1. The molecular formula is C12H12FN5. The Balaban J connectivity index is 2.12. The smallest absolute Gasteiger partial charge is 0.126 e. The summed E-state index contributed by atoms with van der Waals surface area (Å²) in [6.45, 7) is 1.99. The summed E-state index contributed by atoms with van der Waals surface area (Å²) in [6, 6.07) is 6.27. The fourth-order valence-electron chi connectivity index (χ4n) is 2.19. The molecule has 1 aliphatic rings. The van der Waals surface area contributed by atoms with Crippen LogP contribution in [0.5, 0.6) is 0 Å². The maximum atomic E-state index is 13.3. The van der Waals surface area contributed by atoms with E-state index in [1.54, 1.807) is 6.07 Å². The Morgan fingerprint density at radius 3 is 3.11 bits per heavy atom. The van der Waals surface area contributed by atoms with Gasteiger partial charge in [0.2, 0.25) is 0 Å². The molecule has 0 unspecified atom stereocenters. The van der Waals surface area contributed by atoms with Crippen LogP contribution in [0.25, 0.3) is 10.4 Å². The van der Waals surface area contributed by atoms with E-state index in [9.17, 15) is 4.39 Å². The lowest BCUT2D eigenvalue weighted by molar-refractivity contribution is 0.600. The van der Waals surface area contributed by atoms with Crippen molar-refractivity contribution in [2.75, 3.05) is 24.5 Å². The molecule has 1 aromatic carbocycles. The van der Waals surface area contributed by atoms with E-state index in [0.29, 0.717) is 18.0 Å². The van der Waals surface area contributed by atoms with Gasteiger partial charge in [0.15, 0.2) is 0 Å². The van der Waals surface area contributed by atoms with Crippen molar-refractivity contribution < 1.29 is 4.39 Å². The third-order valence-corrected chi connectivity index (χ3v) is 3.07. The molecule has 0 radical (unpaired) electrons. The van der Waals surface area contributed by atoms with Crippen LogP contribution < -0.4 is 4.90 Å². The van der Waals surface area contributed by atoms with Gasteiger partial charge in [0.1, 0.15) is 5.82 Å². The van der Waals surface area contributed by atoms with Crippen molar-refractivity contribution in [2.24, 2.45) is 11.0 Å². The highest BCUT2D eigenvalue weighted by Gasteiger charge is 2.22. The van der Waals surface area contributed by atoms with Crippen LogP contribution in [0.15, 0.2) is 23.3 Å². The van der Waals surface area contributed by atoms with Crippen molar-refractivity contribution in [1.82, 2.24) is 0 Å². The molecule has 1 heterocycles. The highest BCUT2D eigenvalue weighted by Crippen LogP contribution is 2.25. The van der Waals surface area contributed by atoms with Gasteiger partial charge in [-0.1, -0.05) is 5.11 Å². The number of anilines is 1. The minimum absolute atomic E-state index is 0.301. The Morgan fingerprint density at radius 2 is 2.39 bits per heavy atom. The maximum Gasteiger partial charge on any atom is 0.126 e. The van der Waals surface area contributed by atoms with Crippen LogP contribution in [-0.2, 0) is 0 Å². The quantitative estimate of drug-likeness (QED) is 0.466. The van der Waals surface area contributed by atoms with E-state index in [1.807, 2.05) is 11.0 Å². The Kier molecular flexibility index (Phi) is 3.66. The summed E-state index contributed by atoms with van der Waals surface area (Å²) >= 11 is 0. The summed E-state index contributed by atoms with van der Waals surface area (Å²) in [5.74, 6) is -0.0998. The van der Waals surface area contributed by atoms with Crippen LogP contribution in [0, 0.1) is 23.1 Å². The first-order valence-electron chi connectivity index (χ1n) is 5.69. The minimum Gasteiger partial charge on any atom is -0.371 e. The number of azide groups is 1. The molecule has 0 amide bonds. The minimum atomic E-state index is -0.400. The molecule has 0 aliphatic carbocycles. The van der Waals surface area contributed by atoms with E-state index < -0.39 is 5.82 Å². The van der Waals surface area contributed by atoms with Crippen molar-refractivity contribution in [3.8, 4) is 6.07 Å². The second-order valence-electron chi connectivity index (χ2n) is 4.32. The van der Waals surface area contributed by atoms with Crippen LogP contribution in [-0.4, -0.2) is 19.6 Å². The Hall–Kier alpha value is -2.25. The maximum absolute atomic E-state index is 13.3. The third-order valence-electron chi connectivity index (χ3n) is 3.07. The number of rotatable bonds is 3. The molecule has 1 aromatic rings. The van der Waals surface area contributed by atoms with Crippen LogP contribution in [0.3, 0.4) is 0 Å². The number of nitriles is 1. The molecule has 2 rings (SSSR count). The molecule has 18 heavy (non-hydrogen) atoms. The fraction of sp³-hybridized carbons (Fsp3) is 0.417. The second kappa shape index (κ2) is 5.39. The SMILES string of the molecule is N#Cc1cc(F)cc(N2CC[C@H](CN=[N+]=[N-])C2)c1. The monoisotopic (exact) mass is 245 g/mol. The molecule has 92 valence electrons. The van der Waals surface area contributed by atoms with E-state index in [0.717, 1.165) is 25.2 Å². The van der Waals surface area contributed by atoms with Gasteiger partial charge >= 0.3 is 0 Å². The Bertz CT molecular complexity index is 530. The number of hydrogen-bond donors (Lipinski definition) is 0. The largest absolute Gasteiger partial charge is 0.371 e. The average molecular weight is 245 g/mol. The van der Waals surface area contributed by atoms with Gasteiger partial charge in [0, 0.05) is 30.2 Å². The zero-order chi connectivity index (χ0) is 13.0. The predicted molar refractivity (Wildman–Crippen MR) is 65.4 cm³/mol. The lowest BCUT2D eigenvalue weighted by Crippen LogP contribution is -2.20. The molecule has 6 heteroatoms. The molecule has 1 atom stereocenters. The highest BCUT2D eigenvalue weighted by molar-refractivity contribution is 5.52. The predicted octanol–water partition coefficient (Wildman–Crippen LogP) is 2.83. The van der Waals surface area contributed by atoms with E-state index >= 15 is 0 Å². The fourth-order valence-corrected chi connectivity index (χ4v) is 2.19. The van der Waals surface area contributed by atoms with Crippen LogP contribution in [0.4, 0.5) is 10.1 Å². The molecular weight excluding hydrogens is 233 g/mol. The van der Waals surface area contributed by atoms with Crippen LogP contribution in [0.2, 0.25) is 0 Å². The van der Waals surface area contributed by atoms with Gasteiger partial charge in [-0.3, -0.25) is 0 Å².